The summed E-state index contributed by atoms with van der Waals surface area (Å²) in [5.74, 6) is 1.67. The molecule has 3 heteroatoms. The van der Waals surface area contributed by atoms with E-state index in [0.29, 0.717) is 12.0 Å². The Morgan fingerprint density at radius 3 is 2.38 bits per heavy atom. The van der Waals surface area contributed by atoms with E-state index in [2.05, 4.69) is 70.2 Å². The molecular formula is C18H32N2O. The van der Waals surface area contributed by atoms with Crippen LogP contribution in [0.4, 0.5) is 0 Å². The van der Waals surface area contributed by atoms with Crippen molar-refractivity contribution in [1.82, 2.24) is 10.2 Å². The molecule has 1 aromatic rings. The van der Waals surface area contributed by atoms with Gasteiger partial charge in [-0.3, -0.25) is 0 Å². The van der Waals surface area contributed by atoms with Crippen molar-refractivity contribution in [3.05, 3.63) is 29.3 Å². The topological polar surface area (TPSA) is 24.5 Å². The molecule has 1 aromatic carbocycles. The lowest BCUT2D eigenvalue weighted by Crippen LogP contribution is -2.39. The van der Waals surface area contributed by atoms with E-state index < -0.39 is 0 Å². The molecule has 0 aliphatic rings. The summed E-state index contributed by atoms with van der Waals surface area (Å²) < 4.78 is 5.49. The van der Waals surface area contributed by atoms with Crippen LogP contribution in [0.5, 0.6) is 5.75 Å². The van der Waals surface area contributed by atoms with Crippen LogP contribution in [0.2, 0.25) is 0 Å². The van der Waals surface area contributed by atoms with Gasteiger partial charge >= 0.3 is 0 Å². The van der Waals surface area contributed by atoms with Gasteiger partial charge in [0.05, 0.1) is 7.11 Å². The van der Waals surface area contributed by atoms with Gasteiger partial charge in [0, 0.05) is 24.2 Å². The van der Waals surface area contributed by atoms with E-state index in [9.17, 15) is 0 Å². The highest BCUT2D eigenvalue weighted by atomic mass is 16.5. The van der Waals surface area contributed by atoms with E-state index in [0.717, 1.165) is 12.3 Å². The van der Waals surface area contributed by atoms with Gasteiger partial charge in [-0.25, -0.2) is 0 Å². The second-order valence-electron chi connectivity index (χ2n) is 6.62. The first kappa shape index (κ1) is 18.0. The zero-order chi connectivity index (χ0) is 16.0. The van der Waals surface area contributed by atoms with E-state index in [1.165, 1.54) is 17.5 Å². The number of nitrogens with one attached hydrogen (secondary N) is 1. The Hall–Kier alpha value is -1.06. The molecule has 0 aromatic heterocycles. The average molecular weight is 292 g/mol. The Bertz CT molecular complexity index is 429. The minimum Gasteiger partial charge on any atom is -0.496 e. The van der Waals surface area contributed by atoms with Gasteiger partial charge in [0.2, 0.25) is 0 Å². The van der Waals surface area contributed by atoms with E-state index in [4.69, 9.17) is 4.74 Å². The fourth-order valence-corrected chi connectivity index (χ4v) is 2.64. The minimum atomic E-state index is 0.287. The fourth-order valence-electron chi connectivity index (χ4n) is 2.64. The van der Waals surface area contributed by atoms with Gasteiger partial charge in [0.15, 0.2) is 0 Å². The summed E-state index contributed by atoms with van der Waals surface area (Å²) in [6.07, 6.45) is 1.21. The first-order valence-corrected chi connectivity index (χ1v) is 7.89. The van der Waals surface area contributed by atoms with Gasteiger partial charge in [0.25, 0.3) is 0 Å². The Balaban J connectivity index is 2.71. The summed E-state index contributed by atoms with van der Waals surface area (Å²) in [5, 5.41) is 3.67. The summed E-state index contributed by atoms with van der Waals surface area (Å²) in [6, 6.07) is 7.21. The zero-order valence-electron chi connectivity index (χ0n) is 14.7. The van der Waals surface area contributed by atoms with Crippen LogP contribution in [0.25, 0.3) is 0 Å². The molecule has 0 bridgehead atoms. The smallest absolute Gasteiger partial charge is 0.123 e. The molecule has 2 atom stereocenters. The molecule has 0 spiro atoms. The molecule has 2 unspecified atom stereocenters. The highest BCUT2D eigenvalue weighted by molar-refractivity contribution is 5.38. The average Bonchev–Trinajstić information content (AvgIpc) is 2.42. The fraction of sp³-hybridized carbons (Fsp3) is 0.667. The normalized spacial score (nSPS) is 14.5. The number of nitrogens with zero attached hydrogens (tertiary/aromatic N) is 1. The summed E-state index contributed by atoms with van der Waals surface area (Å²) in [4.78, 5) is 2.31. The molecule has 3 nitrogen and oxygen atoms in total. The maximum absolute atomic E-state index is 5.49. The number of rotatable bonds is 8. The van der Waals surface area contributed by atoms with Crippen molar-refractivity contribution in [3.8, 4) is 5.75 Å². The molecule has 0 radical (unpaired) electrons. The highest BCUT2D eigenvalue weighted by Gasteiger charge is 2.16. The molecule has 0 fully saturated rings. The second-order valence-corrected chi connectivity index (χ2v) is 6.62. The number of likely N-dealkylation sites (N-methyl/N-ethyl adjacent to an activating group) is 1. The largest absolute Gasteiger partial charge is 0.496 e. The lowest BCUT2D eigenvalue weighted by molar-refractivity contribution is 0.241. The Morgan fingerprint density at radius 2 is 1.86 bits per heavy atom. The standard InChI is InChI=1S/C18H32N2O/c1-13(2)10-16(20(5)6)12-19-15(4)17-11-14(3)8-9-18(17)21-7/h8-9,11,13,15-16,19H,10,12H2,1-7H3. The lowest BCUT2D eigenvalue weighted by atomic mass is 10.0. The first-order chi connectivity index (χ1) is 9.85. The molecule has 0 saturated heterocycles. The summed E-state index contributed by atoms with van der Waals surface area (Å²) >= 11 is 0. The minimum absolute atomic E-state index is 0.287. The molecule has 0 saturated carbocycles. The first-order valence-electron chi connectivity index (χ1n) is 7.89. The predicted molar refractivity (Wildman–Crippen MR) is 91.1 cm³/mol. The van der Waals surface area contributed by atoms with Crippen molar-refractivity contribution in [3.63, 3.8) is 0 Å². The molecule has 120 valence electrons. The number of methoxy groups -OCH3 is 1. The molecule has 1 N–H and O–H groups in total. The van der Waals surface area contributed by atoms with E-state index in [1.54, 1.807) is 7.11 Å². The Labute approximate surface area is 130 Å². The predicted octanol–water partition coefficient (Wildman–Crippen LogP) is 3.63. The van der Waals surface area contributed by atoms with E-state index >= 15 is 0 Å². The third kappa shape index (κ3) is 5.68. The van der Waals surface area contributed by atoms with Crippen molar-refractivity contribution in [2.24, 2.45) is 5.92 Å². The van der Waals surface area contributed by atoms with Crippen LogP contribution in [0.15, 0.2) is 18.2 Å². The van der Waals surface area contributed by atoms with Gasteiger partial charge in [0.1, 0.15) is 5.75 Å². The van der Waals surface area contributed by atoms with Crippen molar-refractivity contribution >= 4 is 0 Å². The third-order valence-corrected chi connectivity index (χ3v) is 3.99. The molecular weight excluding hydrogens is 260 g/mol. The van der Waals surface area contributed by atoms with E-state index in [-0.39, 0.29) is 6.04 Å². The Kier molecular flexibility index (Phi) is 7.20. The van der Waals surface area contributed by atoms with Crippen molar-refractivity contribution in [2.45, 2.75) is 46.2 Å². The van der Waals surface area contributed by atoms with Crippen LogP contribution < -0.4 is 10.1 Å². The van der Waals surface area contributed by atoms with Crippen LogP contribution in [-0.4, -0.2) is 38.7 Å². The van der Waals surface area contributed by atoms with Crippen molar-refractivity contribution in [2.75, 3.05) is 27.7 Å². The zero-order valence-corrected chi connectivity index (χ0v) is 14.7. The van der Waals surface area contributed by atoms with Crippen molar-refractivity contribution in [1.29, 1.82) is 0 Å². The van der Waals surface area contributed by atoms with Crippen LogP contribution in [0, 0.1) is 12.8 Å². The van der Waals surface area contributed by atoms with Gasteiger partial charge in [-0.15, -0.1) is 0 Å². The molecule has 0 aliphatic carbocycles. The highest BCUT2D eigenvalue weighted by Crippen LogP contribution is 2.26. The maximum Gasteiger partial charge on any atom is 0.123 e. The quantitative estimate of drug-likeness (QED) is 0.792. The monoisotopic (exact) mass is 292 g/mol. The van der Waals surface area contributed by atoms with Gasteiger partial charge < -0.3 is 15.0 Å². The molecule has 1 rings (SSSR count). The maximum atomic E-state index is 5.49. The van der Waals surface area contributed by atoms with Crippen LogP contribution in [0.1, 0.15) is 44.4 Å². The Morgan fingerprint density at radius 1 is 1.19 bits per heavy atom. The molecule has 0 heterocycles. The van der Waals surface area contributed by atoms with Crippen LogP contribution >= 0.6 is 0 Å². The van der Waals surface area contributed by atoms with Gasteiger partial charge in [-0.1, -0.05) is 31.5 Å². The number of ether oxygens (including phenoxy) is 1. The summed E-state index contributed by atoms with van der Waals surface area (Å²) in [6.45, 7) is 9.88. The lowest BCUT2D eigenvalue weighted by Gasteiger charge is -2.28. The van der Waals surface area contributed by atoms with Crippen LogP contribution in [0.3, 0.4) is 0 Å². The summed E-state index contributed by atoms with van der Waals surface area (Å²) in [5.41, 5.74) is 2.50. The molecule has 0 aliphatic heterocycles. The number of aryl methyl sites for hydroxylation is 1. The number of hydrogen-bond donors (Lipinski definition) is 1. The SMILES string of the molecule is COc1ccc(C)cc1C(C)NCC(CC(C)C)N(C)C. The second kappa shape index (κ2) is 8.40. The third-order valence-electron chi connectivity index (χ3n) is 3.99. The number of hydrogen-bond acceptors (Lipinski definition) is 3. The van der Waals surface area contributed by atoms with Gasteiger partial charge in [-0.05, 0) is 46.3 Å². The van der Waals surface area contributed by atoms with E-state index in [1.807, 2.05) is 0 Å². The van der Waals surface area contributed by atoms with Gasteiger partial charge in [-0.2, -0.15) is 0 Å². The summed E-state index contributed by atoms with van der Waals surface area (Å²) in [7, 11) is 6.06. The van der Waals surface area contributed by atoms with Crippen molar-refractivity contribution < 1.29 is 4.74 Å². The molecule has 0 amide bonds. The number of benzene rings is 1. The van der Waals surface area contributed by atoms with Crippen LogP contribution in [-0.2, 0) is 0 Å². The molecule has 21 heavy (non-hydrogen) atoms.